The first-order valence-corrected chi connectivity index (χ1v) is 5.65. The van der Waals surface area contributed by atoms with Crippen LogP contribution in [0.25, 0.3) is 0 Å². The molecule has 1 N–H and O–H groups in total. The highest BCUT2D eigenvalue weighted by Gasteiger charge is 2.16. The molecule has 0 aliphatic heterocycles. The molecule has 100 valence electrons. The lowest BCUT2D eigenvalue weighted by atomic mass is 10.2. The van der Waals surface area contributed by atoms with Gasteiger partial charge in [-0.1, -0.05) is 11.6 Å². The van der Waals surface area contributed by atoms with Crippen LogP contribution in [0.2, 0.25) is 5.02 Å². The zero-order valence-electron chi connectivity index (χ0n) is 10.3. The first-order chi connectivity index (χ1) is 8.19. The quantitative estimate of drug-likeness (QED) is 0.920. The summed E-state index contributed by atoms with van der Waals surface area (Å²) < 4.78 is 31.4. The Bertz CT molecular complexity index is 435. The third-order valence-electron chi connectivity index (χ3n) is 1.91. The molecule has 0 saturated heterocycles. The fourth-order valence-corrected chi connectivity index (χ4v) is 1.36. The first kappa shape index (κ1) is 14.9. The van der Waals surface area contributed by atoms with Gasteiger partial charge in [0.2, 0.25) is 0 Å². The van der Waals surface area contributed by atoms with Gasteiger partial charge in [0.1, 0.15) is 12.4 Å². The first-order valence-electron chi connectivity index (χ1n) is 5.27. The fraction of sp³-hybridized carbons (Fsp3) is 0.417. The maximum atomic E-state index is 13.4. The fourth-order valence-electron chi connectivity index (χ4n) is 1.12. The minimum absolute atomic E-state index is 0.198. The Morgan fingerprint density at radius 1 is 1.39 bits per heavy atom. The molecule has 0 aliphatic rings. The Labute approximate surface area is 109 Å². The zero-order valence-corrected chi connectivity index (χ0v) is 11.1. The number of anilines is 1. The second kappa shape index (κ2) is 5.63. The molecule has 1 aromatic carbocycles. The van der Waals surface area contributed by atoms with E-state index >= 15 is 0 Å². The molecule has 0 bridgehead atoms. The Balaban J connectivity index is 2.71. The maximum absolute atomic E-state index is 13.4. The van der Waals surface area contributed by atoms with Crippen LogP contribution in [0.4, 0.5) is 14.5 Å². The smallest absolute Gasteiger partial charge is 0.250 e. The molecule has 3 nitrogen and oxygen atoms in total. The molecule has 0 atom stereocenters. The van der Waals surface area contributed by atoms with Crippen LogP contribution in [0.1, 0.15) is 20.8 Å². The molecule has 0 unspecified atom stereocenters. The van der Waals surface area contributed by atoms with Crippen molar-refractivity contribution in [2.45, 2.75) is 26.4 Å². The molecule has 6 heteroatoms. The molecule has 0 saturated carbocycles. The van der Waals surface area contributed by atoms with Crippen LogP contribution < -0.4 is 5.32 Å². The van der Waals surface area contributed by atoms with E-state index in [1.165, 1.54) is 0 Å². The van der Waals surface area contributed by atoms with Crippen LogP contribution in [0, 0.1) is 11.6 Å². The average molecular weight is 278 g/mol. The van der Waals surface area contributed by atoms with E-state index in [1.807, 2.05) is 0 Å². The van der Waals surface area contributed by atoms with Crippen LogP contribution in [0.3, 0.4) is 0 Å². The summed E-state index contributed by atoms with van der Waals surface area (Å²) in [5, 5.41) is 2.04. The van der Waals surface area contributed by atoms with Gasteiger partial charge in [-0.3, -0.25) is 4.79 Å². The Hall–Kier alpha value is -1.20. The number of carbonyl (C=O) groups excluding carboxylic acids is 1. The number of ether oxygens (including phenoxy) is 1. The predicted molar refractivity (Wildman–Crippen MR) is 65.7 cm³/mol. The van der Waals surface area contributed by atoms with Gasteiger partial charge in [0.05, 0.1) is 16.3 Å². The van der Waals surface area contributed by atoms with Gasteiger partial charge in [0.25, 0.3) is 5.91 Å². The number of hydrogen-bond donors (Lipinski definition) is 1. The number of nitrogens with one attached hydrogen (secondary N) is 1. The van der Waals surface area contributed by atoms with Crippen LogP contribution in [-0.4, -0.2) is 18.1 Å². The van der Waals surface area contributed by atoms with Crippen molar-refractivity contribution < 1.29 is 18.3 Å². The summed E-state index contributed by atoms with van der Waals surface area (Å²) in [4.78, 5) is 11.5. The highest BCUT2D eigenvalue weighted by atomic mass is 35.5. The van der Waals surface area contributed by atoms with Crippen molar-refractivity contribution in [3.63, 3.8) is 0 Å². The van der Waals surface area contributed by atoms with Crippen molar-refractivity contribution in [3.05, 3.63) is 28.8 Å². The van der Waals surface area contributed by atoms with Crippen molar-refractivity contribution in [2.24, 2.45) is 0 Å². The lowest BCUT2D eigenvalue weighted by Crippen LogP contribution is -2.27. The van der Waals surface area contributed by atoms with Gasteiger partial charge >= 0.3 is 0 Å². The lowest BCUT2D eigenvalue weighted by Gasteiger charge is -2.19. The summed E-state index contributed by atoms with van der Waals surface area (Å²) in [6.07, 6.45) is 0. The molecule has 1 amide bonds. The van der Waals surface area contributed by atoms with E-state index in [0.29, 0.717) is 6.07 Å². The number of halogens is 3. The normalized spacial score (nSPS) is 11.4. The van der Waals surface area contributed by atoms with Crippen LogP contribution in [-0.2, 0) is 9.53 Å². The highest BCUT2D eigenvalue weighted by Crippen LogP contribution is 2.26. The van der Waals surface area contributed by atoms with E-state index in [1.54, 1.807) is 20.8 Å². The predicted octanol–water partition coefficient (Wildman–Crippen LogP) is 3.37. The lowest BCUT2D eigenvalue weighted by molar-refractivity contribution is -0.125. The van der Waals surface area contributed by atoms with Gasteiger partial charge in [-0.05, 0) is 26.8 Å². The Morgan fingerprint density at radius 2 is 2.00 bits per heavy atom. The molecule has 1 rings (SSSR count). The molecule has 0 radical (unpaired) electrons. The summed E-state index contributed by atoms with van der Waals surface area (Å²) in [6, 6.07) is 1.57. The monoisotopic (exact) mass is 277 g/mol. The summed E-state index contributed by atoms with van der Waals surface area (Å²) >= 11 is 5.63. The van der Waals surface area contributed by atoms with Gasteiger partial charge in [-0.25, -0.2) is 8.78 Å². The van der Waals surface area contributed by atoms with E-state index < -0.39 is 23.1 Å². The van der Waals surface area contributed by atoms with Gasteiger partial charge in [-0.15, -0.1) is 0 Å². The van der Waals surface area contributed by atoms with Crippen LogP contribution in [0.5, 0.6) is 0 Å². The van der Waals surface area contributed by atoms with Crippen LogP contribution in [0.15, 0.2) is 12.1 Å². The molecule has 0 spiro atoms. The summed E-state index contributed by atoms with van der Waals surface area (Å²) in [6.45, 7) is 5.11. The zero-order chi connectivity index (χ0) is 13.9. The van der Waals surface area contributed by atoms with Gasteiger partial charge < -0.3 is 10.1 Å². The molecule has 1 aromatic rings. The van der Waals surface area contributed by atoms with E-state index in [-0.39, 0.29) is 17.3 Å². The van der Waals surface area contributed by atoms with E-state index in [4.69, 9.17) is 16.3 Å². The SMILES string of the molecule is CC(C)(C)OCC(=O)Nc1c(F)cc(F)cc1Cl. The van der Waals surface area contributed by atoms with Crippen molar-refractivity contribution in [3.8, 4) is 0 Å². The minimum atomic E-state index is -0.927. The van der Waals surface area contributed by atoms with E-state index in [2.05, 4.69) is 5.32 Å². The summed E-state index contributed by atoms with van der Waals surface area (Å²) in [7, 11) is 0. The molecule has 0 fully saturated rings. The van der Waals surface area contributed by atoms with Crippen molar-refractivity contribution >= 4 is 23.2 Å². The third-order valence-corrected chi connectivity index (χ3v) is 2.21. The molecule has 0 heterocycles. The van der Waals surface area contributed by atoms with Crippen molar-refractivity contribution in [2.75, 3.05) is 11.9 Å². The topological polar surface area (TPSA) is 38.3 Å². The summed E-state index contributed by atoms with van der Waals surface area (Å²) in [5.41, 5.74) is -0.733. The molecular weight excluding hydrogens is 264 g/mol. The van der Waals surface area contributed by atoms with Gasteiger partial charge in [0.15, 0.2) is 5.82 Å². The number of hydrogen-bond acceptors (Lipinski definition) is 2. The molecule has 0 aliphatic carbocycles. The van der Waals surface area contributed by atoms with E-state index in [0.717, 1.165) is 6.07 Å². The largest absolute Gasteiger partial charge is 0.366 e. The van der Waals surface area contributed by atoms with Gasteiger partial charge in [0, 0.05) is 6.07 Å². The second-order valence-corrected chi connectivity index (χ2v) is 5.10. The van der Waals surface area contributed by atoms with Crippen molar-refractivity contribution in [1.29, 1.82) is 0 Å². The molecule has 0 aromatic heterocycles. The average Bonchev–Trinajstić information content (AvgIpc) is 2.19. The highest BCUT2D eigenvalue weighted by molar-refractivity contribution is 6.33. The molecular formula is C12H14ClF2NO2. The minimum Gasteiger partial charge on any atom is -0.366 e. The Morgan fingerprint density at radius 3 is 2.50 bits per heavy atom. The Kier molecular flexibility index (Phi) is 4.65. The van der Waals surface area contributed by atoms with Crippen LogP contribution >= 0.6 is 11.6 Å². The van der Waals surface area contributed by atoms with Crippen molar-refractivity contribution in [1.82, 2.24) is 0 Å². The number of benzene rings is 1. The van der Waals surface area contributed by atoms with E-state index in [9.17, 15) is 13.6 Å². The van der Waals surface area contributed by atoms with Gasteiger partial charge in [-0.2, -0.15) is 0 Å². The number of carbonyl (C=O) groups is 1. The maximum Gasteiger partial charge on any atom is 0.250 e. The second-order valence-electron chi connectivity index (χ2n) is 4.69. The third kappa shape index (κ3) is 4.58. The standard InChI is InChI=1S/C12H14ClF2NO2/c1-12(2,3)18-6-10(17)16-11-8(13)4-7(14)5-9(11)15/h4-5H,6H2,1-3H3,(H,16,17). The number of rotatable bonds is 3. The number of amides is 1. The summed E-state index contributed by atoms with van der Waals surface area (Å²) in [5.74, 6) is -2.29. The molecule has 18 heavy (non-hydrogen) atoms.